The van der Waals surface area contributed by atoms with Gasteiger partial charge in [-0.2, -0.15) is 13.2 Å². The van der Waals surface area contributed by atoms with Crippen LogP contribution < -0.4 is 11.1 Å². The molecule has 0 aromatic carbocycles. The van der Waals surface area contributed by atoms with E-state index in [4.69, 9.17) is 15.2 Å². The zero-order valence-electron chi connectivity index (χ0n) is 14.9. The molecule has 2 unspecified atom stereocenters. The minimum atomic E-state index is -4.95. The number of nitrogens with zero attached hydrogens (tertiary/aromatic N) is 4. The molecule has 2 aromatic heterocycles. The minimum absolute atomic E-state index is 0.0611. The van der Waals surface area contributed by atoms with Crippen molar-refractivity contribution in [2.45, 2.75) is 37.1 Å². The van der Waals surface area contributed by atoms with Gasteiger partial charge in [-0.1, -0.05) is 0 Å². The Kier molecular flexibility index (Phi) is 6.16. The number of fused-ring (bicyclic) bond motifs is 1. The number of imidazole rings is 1. The van der Waals surface area contributed by atoms with Crippen molar-refractivity contribution < 1.29 is 37.7 Å². The van der Waals surface area contributed by atoms with E-state index in [1.54, 1.807) is 5.32 Å². The number of aliphatic hydroxyl groups excluding tert-OH is 2. The molecule has 2 aromatic rings. The lowest BCUT2D eigenvalue weighted by molar-refractivity contribution is -0.173. The normalized spacial score (nSPS) is 24.9. The van der Waals surface area contributed by atoms with Crippen LogP contribution in [0.5, 0.6) is 0 Å². The Bertz CT molecular complexity index is 863. The lowest BCUT2D eigenvalue weighted by atomic mass is 10.1. The van der Waals surface area contributed by atoms with Crippen molar-refractivity contribution in [3.63, 3.8) is 0 Å². The fourth-order valence-electron chi connectivity index (χ4n) is 2.95. The summed E-state index contributed by atoms with van der Waals surface area (Å²) in [6.45, 7) is -0.809. The molecule has 1 aliphatic heterocycles. The van der Waals surface area contributed by atoms with Gasteiger partial charge in [0, 0.05) is 13.2 Å². The second-order valence-corrected chi connectivity index (χ2v) is 6.26. The van der Waals surface area contributed by atoms with Gasteiger partial charge < -0.3 is 30.7 Å². The molecule has 1 saturated heterocycles. The van der Waals surface area contributed by atoms with Crippen LogP contribution in [-0.2, 0) is 14.3 Å². The number of anilines is 1. The summed E-state index contributed by atoms with van der Waals surface area (Å²) in [5.74, 6) is -1.89. The third-order valence-electron chi connectivity index (χ3n) is 4.33. The molecule has 0 radical (unpaired) electrons. The van der Waals surface area contributed by atoms with Crippen molar-refractivity contribution in [1.82, 2.24) is 24.8 Å². The Hall–Kier alpha value is -2.55. The quantitative estimate of drug-likeness (QED) is 0.417. The van der Waals surface area contributed by atoms with Crippen LogP contribution >= 0.6 is 0 Å². The van der Waals surface area contributed by atoms with E-state index in [-0.39, 0.29) is 25.4 Å². The summed E-state index contributed by atoms with van der Waals surface area (Å²) in [4.78, 5) is 22.7. The number of amides is 1. The standard InChI is InChI=1S/C15H19F3N6O5/c16-15(17,18)14(27)20-2-1-3-28-10-7(4-25)29-13(9(10)26)24-6-23-8-11(19)21-5-22-12(8)24/h5-7,9-10,13,25-26H,1-4H2,(H,20,27)(H2,19,21,22)/t7-,9?,10?,13-/m1/s1. The smallest absolute Gasteiger partial charge is 0.394 e. The van der Waals surface area contributed by atoms with Crippen molar-refractivity contribution >= 4 is 22.9 Å². The number of aromatic nitrogens is 4. The highest BCUT2D eigenvalue weighted by atomic mass is 19.4. The molecule has 1 amide bonds. The SMILES string of the molecule is Nc1ncnc2c1ncn2[C@@H]1O[C@H](CO)C(OCCCNC(=O)C(F)(F)F)C1O. The van der Waals surface area contributed by atoms with Gasteiger partial charge in [0.1, 0.15) is 30.2 Å². The van der Waals surface area contributed by atoms with Crippen LogP contribution in [0.1, 0.15) is 12.6 Å². The summed E-state index contributed by atoms with van der Waals surface area (Å²) < 4.78 is 48.9. The Morgan fingerprint density at radius 2 is 2.14 bits per heavy atom. The lowest BCUT2D eigenvalue weighted by Gasteiger charge is -2.20. The number of halogens is 3. The van der Waals surface area contributed by atoms with E-state index in [9.17, 15) is 28.2 Å². The number of nitrogens with two attached hydrogens (primary N) is 1. The van der Waals surface area contributed by atoms with E-state index < -0.39 is 43.2 Å². The Labute approximate surface area is 161 Å². The molecule has 3 rings (SSSR count). The third kappa shape index (κ3) is 4.39. The molecular formula is C15H19F3N6O5. The molecule has 1 aliphatic rings. The second-order valence-electron chi connectivity index (χ2n) is 6.26. The van der Waals surface area contributed by atoms with Crippen LogP contribution in [0.3, 0.4) is 0 Å². The molecule has 4 atom stereocenters. The molecule has 11 nitrogen and oxygen atoms in total. The van der Waals surface area contributed by atoms with E-state index in [1.807, 2.05) is 0 Å². The van der Waals surface area contributed by atoms with Gasteiger partial charge in [-0.25, -0.2) is 15.0 Å². The summed E-state index contributed by atoms with van der Waals surface area (Å²) in [6, 6.07) is 0. The molecule has 0 saturated carbocycles. The van der Waals surface area contributed by atoms with Crippen molar-refractivity contribution in [3.8, 4) is 0 Å². The van der Waals surface area contributed by atoms with Gasteiger partial charge in [0.05, 0.1) is 12.9 Å². The molecule has 29 heavy (non-hydrogen) atoms. The van der Waals surface area contributed by atoms with Crippen LogP contribution in [0.4, 0.5) is 19.0 Å². The van der Waals surface area contributed by atoms with E-state index in [0.29, 0.717) is 11.2 Å². The van der Waals surface area contributed by atoms with Gasteiger partial charge in [-0.3, -0.25) is 9.36 Å². The van der Waals surface area contributed by atoms with Crippen molar-refractivity contribution in [2.24, 2.45) is 0 Å². The number of carbonyl (C=O) groups excluding carboxylic acids is 1. The third-order valence-corrected chi connectivity index (χ3v) is 4.33. The molecule has 5 N–H and O–H groups in total. The molecule has 1 fully saturated rings. The first-order valence-corrected chi connectivity index (χ1v) is 8.58. The Balaban J connectivity index is 1.60. The van der Waals surface area contributed by atoms with Crippen LogP contribution in [0.15, 0.2) is 12.7 Å². The molecule has 3 heterocycles. The summed E-state index contributed by atoms with van der Waals surface area (Å²) in [6.07, 6.45) is -6.38. The molecule has 14 heteroatoms. The maximum absolute atomic E-state index is 12.1. The van der Waals surface area contributed by atoms with Crippen molar-refractivity contribution in [1.29, 1.82) is 0 Å². The first-order valence-electron chi connectivity index (χ1n) is 8.58. The Morgan fingerprint density at radius 3 is 2.83 bits per heavy atom. The van der Waals surface area contributed by atoms with E-state index in [0.717, 1.165) is 0 Å². The van der Waals surface area contributed by atoms with Crippen LogP contribution in [-0.4, -0.2) is 79.9 Å². The number of rotatable bonds is 7. The van der Waals surface area contributed by atoms with Crippen LogP contribution in [0, 0.1) is 0 Å². The maximum atomic E-state index is 12.1. The van der Waals surface area contributed by atoms with Gasteiger partial charge in [0.25, 0.3) is 0 Å². The monoisotopic (exact) mass is 420 g/mol. The number of nitrogens with one attached hydrogen (secondary N) is 1. The summed E-state index contributed by atoms with van der Waals surface area (Å²) in [5.41, 5.74) is 6.36. The topological polar surface area (TPSA) is 158 Å². The zero-order chi connectivity index (χ0) is 21.2. The van der Waals surface area contributed by atoms with Crippen LogP contribution in [0.2, 0.25) is 0 Å². The summed E-state index contributed by atoms with van der Waals surface area (Å²) >= 11 is 0. The largest absolute Gasteiger partial charge is 0.471 e. The van der Waals surface area contributed by atoms with Gasteiger partial charge in [-0.15, -0.1) is 0 Å². The van der Waals surface area contributed by atoms with Gasteiger partial charge >= 0.3 is 12.1 Å². The average Bonchev–Trinajstić information content (AvgIpc) is 3.22. The summed E-state index contributed by atoms with van der Waals surface area (Å²) in [7, 11) is 0. The predicted octanol–water partition coefficient (Wildman–Crippen LogP) is -0.887. The molecule has 160 valence electrons. The molecular weight excluding hydrogens is 401 g/mol. The fraction of sp³-hybridized carbons (Fsp3) is 0.600. The van der Waals surface area contributed by atoms with Crippen LogP contribution in [0.25, 0.3) is 11.2 Å². The van der Waals surface area contributed by atoms with E-state index in [1.165, 1.54) is 17.2 Å². The first kappa shape index (κ1) is 21.2. The van der Waals surface area contributed by atoms with Crippen molar-refractivity contribution in [3.05, 3.63) is 12.7 Å². The van der Waals surface area contributed by atoms with Gasteiger partial charge in [0.15, 0.2) is 17.7 Å². The number of alkyl halides is 3. The highest BCUT2D eigenvalue weighted by Gasteiger charge is 2.45. The lowest BCUT2D eigenvalue weighted by Crippen LogP contribution is -2.39. The second kappa shape index (κ2) is 8.44. The minimum Gasteiger partial charge on any atom is -0.394 e. The number of nitrogen functional groups attached to an aromatic ring is 1. The molecule has 0 aliphatic carbocycles. The molecule has 0 bridgehead atoms. The number of hydrogen-bond donors (Lipinski definition) is 4. The van der Waals surface area contributed by atoms with Crippen molar-refractivity contribution in [2.75, 3.05) is 25.5 Å². The maximum Gasteiger partial charge on any atom is 0.471 e. The number of ether oxygens (including phenoxy) is 2. The van der Waals surface area contributed by atoms with E-state index in [2.05, 4.69) is 15.0 Å². The Morgan fingerprint density at radius 1 is 1.38 bits per heavy atom. The highest BCUT2D eigenvalue weighted by molar-refractivity contribution is 5.81. The van der Waals surface area contributed by atoms with E-state index >= 15 is 0 Å². The number of hydrogen-bond acceptors (Lipinski definition) is 9. The molecule has 0 spiro atoms. The number of carbonyl (C=O) groups is 1. The zero-order valence-corrected chi connectivity index (χ0v) is 14.9. The van der Waals surface area contributed by atoms with Gasteiger partial charge in [0.2, 0.25) is 0 Å². The van der Waals surface area contributed by atoms with Gasteiger partial charge in [-0.05, 0) is 6.42 Å². The summed E-state index contributed by atoms with van der Waals surface area (Å²) in [5, 5.41) is 21.8. The average molecular weight is 420 g/mol. The fourth-order valence-corrected chi connectivity index (χ4v) is 2.95. The highest BCUT2D eigenvalue weighted by Crippen LogP contribution is 2.33. The first-order chi connectivity index (χ1) is 13.7. The predicted molar refractivity (Wildman–Crippen MR) is 90.2 cm³/mol. The number of aliphatic hydroxyl groups is 2.